The van der Waals surface area contributed by atoms with Crippen molar-refractivity contribution in [2.24, 2.45) is 5.73 Å². The molecule has 0 amide bonds. The van der Waals surface area contributed by atoms with Crippen molar-refractivity contribution in [2.75, 3.05) is 6.61 Å². The van der Waals surface area contributed by atoms with Gasteiger partial charge in [-0.3, -0.25) is 0 Å². The normalized spacial score (nSPS) is 13.4. The summed E-state index contributed by atoms with van der Waals surface area (Å²) in [6.07, 6.45) is 1.69. The maximum Gasteiger partial charge on any atom is 0.140 e. The lowest BCUT2D eigenvalue weighted by molar-refractivity contribution is 0.276. The van der Waals surface area contributed by atoms with Crippen molar-refractivity contribution in [3.63, 3.8) is 0 Å². The zero-order valence-electron chi connectivity index (χ0n) is 6.05. The fourth-order valence-electron chi connectivity index (χ4n) is 0.893. The second-order valence-electron chi connectivity index (χ2n) is 2.39. The molecule has 0 bridgehead atoms. The number of H-pyrrole nitrogens is 1. The van der Waals surface area contributed by atoms with Crippen molar-refractivity contribution in [1.29, 1.82) is 0 Å². The Labute approximate surface area is 64.0 Å². The third-order valence-corrected chi connectivity index (χ3v) is 1.51. The lowest BCUT2D eigenvalue weighted by Gasteiger charge is -2.05. The number of nitrogens with two attached hydrogens (primary N) is 1. The quantitative estimate of drug-likeness (QED) is 0.601. The summed E-state index contributed by atoms with van der Waals surface area (Å²) in [5.74, 6) is -0.326. The summed E-state index contributed by atoms with van der Waals surface area (Å²) >= 11 is 0. The number of nitrogens with one attached hydrogen (secondary N) is 1. The fourth-order valence-corrected chi connectivity index (χ4v) is 0.893. The first-order chi connectivity index (χ1) is 5.24. The minimum absolute atomic E-state index is 0.0157. The second kappa shape index (κ2) is 3.50. The lowest BCUT2D eigenvalue weighted by atomic mass is 10.2. The molecule has 0 aliphatic rings. The van der Waals surface area contributed by atoms with Gasteiger partial charge < -0.3 is 15.8 Å². The number of hydrogen-bond donors (Lipinski definition) is 3. The molecule has 1 aromatic rings. The third-order valence-electron chi connectivity index (χ3n) is 1.51. The molecule has 0 aliphatic heterocycles. The maximum atomic E-state index is 12.4. The SMILES string of the molecule is N[C@H](CCO)c1cc(F)c[nH]1. The lowest BCUT2D eigenvalue weighted by Crippen LogP contribution is -2.11. The summed E-state index contributed by atoms with van der Waals surface area (Å²) in [5, 5.41) is 8.52. The van der Waals surface area contributed by atoms with Crippen LogP contribution in [0.3, 0.4) is 0 Å². The van der Waals surface area contributed by atoms with Crippen molar-refractivity contribution < 1.29 is 9.50 Å². The Morgan fingerprint density at radius 1 is 1.73 bits per heavy atom. The zero-order valence-corrected chi connectivity index (χ0v) is 6.05. The topological polar surface area (TPSA) is 62.0 Å². The summed E-state index contributed by atoms with van der Waals surface area (Å²) < 4.78 is 12.4. The average molecular weight is 158 g/mol. The zero-order chi connectivity index (χ0) is 8.27. The van der Waals surface area contributed by atoms with Gasteiger partial charge in [0.1, 0.15) is 5.82 Å². The molecule has 0 unspecified atom stereocenters. The minimum Gasteiger partial charge on any atom is -0.396 e. The molecule has 1 aromatic heterocycles. The molecule has 0 saturated carbocycles. The summed E-state index contributed by atoms with van der Waals surface area (Å²) in [4.78, 5) is 2.68. The van der Waals surface area contributed by atoms with Gasteiger partial charge >= 0.3 is 0 Å². The van der Waals surface area contributed by atoms with Crippen molar-refractivity contribution in [3.8, 4) is 0 Å². The van der Waals surface area contributed by atoms with Gasteiger partial charge in [0.25, 0.3) is 0 Å². The van der Waals surface area contributed by atoms with Crippen molar-refractivity contribution in [3.05, 3.63) is 23.8 Å². The first-order valence-corrected chi connectivity index (χ1v) is 3.44. The highest BCUT2D eigenvalue weighted by Crippen LogP contribution is 2.12. The molecule has 62 valence electrons. The Bertz CT molecular complexity index is 224. The minimum atomic E-state index is -0.326. The molecule has 0 radical (unpaired) electrons. The predicted octanol–water partition coefficient (Wildman–Crippen LogP) is 0.536. The molecular formula is C7H11FN2O. The van der Waals surface area contributed by atoms with Crippen LogP contribution in [0.25, 0.3) is 0 Å². The summed E-state index contributed by atoms with van der Waals surface area (Å²) in [5.41, 5.74) is 6.18. The van der Waals surface area contributed by atoms with Gasteiger partial charge in [-0.1, -0.05) is 0 Å². The largest absolute Gasteiger partial charge is 0.396 e. The van der Waals surface area contributed by atoms with E-state index in [1.54, 1.807) is 0 Å². The van der Waals surface area contributed by atoms with E-state index < -0.39 is 0 Å². The fraction of sp³-hybridized carbons (Fsp3) is 0.429. The van der Waals surface area contributed by atoms with Crippen LogP contribution in [0, 0.1) is 5.82 Å². The number of aliphatic hydroxyl groups is 1. The molecule has 3 nitrogen and oxygen atoms in total. The van der Waals surface area contributed by atoms with Gasteiger partial charge in [0.2, 0.25) is 0 Å². The van der Waals surface area contributed by atoms with E-state index in [-0.39, 0.29) is 18.5 Å². The highest BCUT2D eigenvalue weighted by atomic mass is 19.1. The summed E-state index contributed by atoms with van der Waals surface area (Å²) in [6.45, 7) is 0.0157. The number of aromatic amines is 1. The molecule has 4 N–H and O–H groups in total. The van der Waals surface area contributed by atoms with E-state index in [0.717, 1.165) is 0 Å². The van der Waals surface area contributed by atoms with Crippen molar-refractivity contribution >= 4 is 0 Å². The number of rotatable bonds is 3. The third kappa shape index (κ3) is 2.03. The summed E-state index contributed by atoms with van der Waals surface area (Å²) in [6, 6.07) is 1.03. The number of hydrogen-bond acceptors (Lipinski definition) is 2. The van der Waals surface area contributed by atoms with Crippen molar-refractivity contribution in [1.82, 2.24) is 4.98 Å². The van der Waals surface area contributed by atoms with Gasteiger partial charge in [-0.25, -0.2) is 4.39 Å². The molecule has 0 saturated heterocycles. The Hall–Kier alpha value is -0.870. The van der Waals surface area contributed by atoms with Crippen LogP contribution in [0.1, 0.15) is 18.2 Å². The molecular weight excluding hydrogens is 147 g/mol. The predicted molar refractivity (Wildman–Crippen MR) is 39.4 cm³/mol. The molecule has 0 fully saturated rings. The van der Waals surface area contributed by atoms with E-state index in [0.29, 0.717) is 12.1 Å². The molecule has 1 heterocycles. The van der Waals surface area contributed by atoms with Crippen LogP contribution in [-0.4, -0.2) is 16.7 Å². The Kier molecular flexibility index (Phi) is 2.62. The monoisotopic (exact) mass is 158 g/mol. The Morgan fingerprint density at radius 3 is 2.91 bits per heavy atom. The molecule has 0 aliphatic carbocycles. The van der Waals surface area contributed by atoms with Crippen LogP contribution in [0.2, 0.25) is 0 Å². The van der Waals surface area contributed by atoms with Gasteiger partial charge in [0, 0.05) is 24.5 Å². The van der Waals surface area contributed by atoms with E-state index in [4.69, 9.17) is 10.8 Å². The van der Waals surface area contributed by atoms with E-state index in [9.17, 15) is 4.39 Å². The molecule has 0 aromatic carbocycles. The standard InChI is InChI=1S/C7H11FN2O/c8-5-3-7(10-4-5)6(9)1-2-11/h3-4,6,10-11H,1-2,9H2/t6-/m1/s1. The van der Waals surface area contributed by atoms with Crippen molar-refractivity contribution in [2.45, 2.75) is 12.5 Å². The number of halogens is 1. The highest BCUT2D eigenvalue weighted by molar-refractivity contribution is 5.10. The number of aliphatic hydroxyl groups excluding tert-OH is 1. The van der Waals surface area contributed by atoms with Gasteiger partial charge in [0.15, 0.2) is 0 Å². The first-order valence-electron chi connectivity index (χ1n) is 3.44. The van der Waals surface area contributed by atoms with E-state index in [2.05, 4.69) is 4.98 Å². The van der Waals surface area contributed by atoms with Gasteiger partial charge in [-0.05, 0) is 12.5 Å². The number of aromatic nitrogens is 1. The van der Waals surface area contributed by atoms with Crippen LogP contribution < -0.4 is 5.73 Å². The van der Waals surface area contributed by atoms with E-state index in [1.165, 1.54) is 12.3 Å². The highest BCUT2D eigenvalue weighted by Gasteiger charge is 2.06. The van der Waals surface area contributed by atoms with Crippen LogP contribution in [0.4, 0.5) is 4.39 Å². The van der Waals surface area contributed by atoms with Crippen LogP contribution >= 0.6 is 0 Å². The maximum absolute atomic E-state index is 12.4. The summed E-state index contributed by atoms with van der Waals surface area (Å²) in [7, 11) is 0. The Balaban J connectivity index is 2.60. The van der Waals surface area contributed by atoms with Crippen LogP contribution in [0.15, 0.2) is 12.3 Å². The Morgan fingerprint density at radius 2 is 2.45 bits per heavy atom. The molecule has 1 atom stereocenters. The smallest absolute Gasteiger partial charge is 0.140 e. The van der Waals surface area contributed by atoms with E-state index in [1.807, 2.05) is 0 Å². The first kappa shape index (κ1) is 8.23. The van der Waals surface area contributed by atoms with Gasteiger partial charge in [0.05, 0.1) is 0 Å². The van der Waals surface area contributed by atoms with Gasteiger partial charge in [-0.15, -0.1) is 0 Å². The van der Waals surface area contributed by atoms with Gasteiger partial charge in [-0.2, -0.15) is 0 Å². The second-order valence-corrected chi connectivity index (χ2v) is 2.39. The van der Waals surface area contributed by atoms with E-state index >= 15 is 0 Å². The van der Waals surface area contributed by atoms with Crippen LogP contribution in [0.5, 0.6) is 0 Å². The molecule has 0 spiro atoms. The molecule has 4 heteroatoms. The molecule has 1 rings (SSSR count). The average Bonchev–Trinajstić information content (AvgIpc) is 2.36. The van der Waals surface area contributed by atoms with Crippen LogP contribution in [-0.2, 0) is 0 Å². The molecule has 11 heavy (non-hydrogen) atoms.